The number of nitrogens with one attached hydrogen (secondary N) is 4. The Bertz CT molecular complexity index is 2740. The second-order valence-electron chi connectivity index (χ2n) is 21.2. The number of ether oxygens (including phenoxy) is 1. The zero-order chi connectivity index (χ0) is 54.8. The maximum Gasteiger partial charge on any atom is 0.293 e. The molecule has 76 heavy (non-hydrogen) atoms. The molecule has 1 aliphatic heterocycles. The normalized spacial score (nSPS) is 15.6. The molecule has 2 aliphatic rings. The molecule has 408 valence electrons. The van der Waals surface area contributed by atoms with Crippen molar-refractivity contribution in [1.29, 1.82) is 5.26 Å². The van der Waals surface area contributed by atoms with Gasteiger partial charge in [-0.05, 0) is 130 Å². The number of hydrogen-bond acceptors (Lipinski definition) is 14. The van der Waals surface area contributed by atoms with Crippen LogP contribution in [0.1, 0.15) is 109 Å². The molecule has 0 radical (unpaired) electrons. The van der Waals surface area contributed by atoms with E-state index in [9.17, 15) is 34.3 Å². The van der Waals surface area contributed by atoms with Crippen LogP contribution in [0.3, 0.4) is 0 Å². The zero-order valence-electron chi connectivity index (χ0n) is 45.3. The number of carbonyl (C=O) groups is 5. The fraction of sp³-hybridized carbons (Fsp3) is 0.526. The van der Waals surface area contributed by atoms with Crippen LogP contribution in [0.15, 0.2) is 67.1 Å². The number of nitriles is 1. The number of amides is 3. The van der Waals surface area contributed by atoms with Crippen LogP contribution in [0, 0.1) is 28.6 Å². The summed E-state index contributed by atoms with van der Waals surface area (Å²) < 4.78 is 7.68. The molecule has 0 spiro atoms. The first-order valence-electron chi connectivity index (χ1n) is 26.7. The van der Waals surface area contributed by atoms with Crippen LogP contribution in [0.25, 0.3) is 33.3 Å². The number of nitrogens with zero attached hydrogens (tertiary/aromatic N) is 8. The molecule has 4 heterocycles. The number of benzene rings is 2. The lowest BCUT2D eigenvalue weighted by molar-refractivity contribution is -0.141. The van der Waals surface area contributed by atoms with Crippen LogP contribution in [-0.2, 0) is 48.1 Å². The first kappa shape index (κ1) is 58.3. The summed E-state index contributed by atoms with van der Waals surface area (Å²) in [5, 5.41) is 39.9. The van der Waals surface area contributed by atoms with Gasteiger partial charge in [0.15, 0.2) is 0 Å². The van der Waals surface area contributed by atoms with Crippen molar-refractivity contribution in [3.8, 4) is 34.2 Å². The molecule has 3 amide bonds. The van der Waals surface area contributed by atoms with Gasteiger partial charge in [0.25, 0.3) is 18.8 Å². The molecule has 19 heteroatoms. The van der Waals surface area contributed by atoms with Gasteiger partial charge in [-0.2, -0.15) is 15.5 Å². The fourth-order valence-electron chi connectivity index (χ4n) is 11.1. The van der Waals surface area contributed by atoms with E-state index in [-0.39, 0.29) is 60.8 Å². The van der Waals surface area contributed by atoms with E-state index in [0.717, 1.165) is 87.9 Å². The van der Waals surface area contributed by atoms with Crippen molar-refractivity contribution in [2.45, 2.75) is 129 Å². The highest BCUT2D eigenvalue weighted by molar-refractivity contribution is 5.95. The summed E-state index contributed by atoms with van der Waals surface area (Å²) in [7, 11) is 3.81. The van der Waals surface area contributed by atoms with E-state index in [1.54, 1.807) is 17.1 Å². The van der Waals surface area contributed by atoms with Crippen molar-refractivity contribution >= 4 is 42.0 Å². The predicted octanol–water partition coefficient (Wildman–Crippen LogP) is 6.18. The van der Waals surface area contributed by atoms with Gasteiger partial charge in [-0.25, -0.2) is 5.43 Å². The number of hydrogen-bond donors (Lipinski definition) is 5. The van der Waals surface area contributed by atoms with Crippen LogP contribution in [0.5, 0.6) is 5.75 Å². The first-order chi connectivity index (χ1) is 36.7. The number of pyridine rings is 1. The van der Waals surface area contributed by atoms with Gasteiger partial charge in [0.05, 0.1) is 42.5 Å². The summed E-state index contributed by atoms with van der Waals surface area (Å²) in [6.45, 7) is 14.2. The molecule has 2 aromatic carbocycles. The minimum atomic E-state index is -0.921. The van der Waals surface area contributed by atoms with Crippen molar-refractivity contribution in [2.75, 3.05) is 46.9 Å². The molecule has 3 aromatic heterocycles. The number of aromatic hydroxyl groups is 1. The monoisotopic (exact) mass is 1040 g/mol. The van der Waals surface area contributed by atoms with Crippen LogP contribution in [0.4, 0.5) is 0 Å². The molecule has 1 saturated carbocycles. The number of phenolic OH excluding ortho intramolecular Hbond substituents is 1. The van der Waals surface area contributed by atoms with Gasteiger partial charge in [0.1, 0.15) is 11.8 Å². The Labute approximate surface area is 447 Å². The molecule has 4 atom stereocenters. The number of aryl methyl sites for hydroxylation is 1. The van der Waals surface area contributed by atoms with Crippen LogP contribution < -0.4 is 21.4 Å². The number of likely N-dealkylation sites (N-methyl/N-ethyl adjacent to an activating group) is 1. The molecule has 5 N–H and O–H groups in total. The number of phenols is 1. The largest absolute Gasteiger partial charge is 0.508 e. The molecule has 1 aliphatic carbocycles. The summed E-state index contributed by atoms with van der Waals surface area (Å²) in [6, 6.07) is 16.7. The highest BCUT2D eigenvalue weighted by atomic mass is 16.5. The lowest BCUT2D eigenvalue weighted by Crippen LogP contribution is -2.59. The lowest BCUT2D eigenvalue weighted by atomic mass is 9.84. The smallest absolute Gasteiger partial charge is 0.293 e. The highest BCUT2D eigenvalue weighted by Gasteiger charge is 2.38. The number of hydrazine groups is 1. The minimum absolute atomic E-state index is 0.0491. The van der Waals surface area contributed by atoms with Crippen molar-refractivity contribution < 1.29 is 33.8 Å². The average Bonchev–Trinajstić information content (AvgIpc) is 4.24. The third-order valence-corrected chi connectivity index (χ3v) is 14.7. The van der Waals surface area contributed by atoms with Gasteiger partial charge in [0.2, 0.25) is 12.3 Å². The second-order valence-corrected chi connectivity index (χ2v) is 21.2. The van der Waals surface area contributed by atoms with E-state index in [4.69, 9.17) is 9.72 Å². The van der Waals surface area contributed by atoms with Gasteiger partial charge in [-0.15, -0.1) is 4.80 Å². The number of fused-ring (bicyclic) bond motifs is 1. The van der Waals surface area contributed by atoms with Crippen molar-refractivity contribution in [3.05, 3.63) is 83.9 Å². The maximum atomic E-state index is 14.8. The van der Waals surface area contributed by atoms with E-state index in [1.165, 1.54) is 12.4 Å². The fourth-order valence-corrected chi connectivity index (χ4v) is 11.1. The Hall–Kier alpha value is -7.01. The van der Waals surface area contributed by atoms with Gasteiger partial charge in [-0.1, -0.05) is 52.7 Å². The molecule has 1 saturated heterocycles. The van der Waals surface area contributed by atoms with Crippen molar-refractivity contribution in [3.63, 3.8) is 0 Å². The molecular formula is C57H78N12O7. The Morgan fingerprint density at radius 1 is 1.03 bits per heavy atom. The molecule has 19 nitrogen and oxygen atoms in total. The molecule has 2 fully saturated rings. The van der Waals surface area contributed by atoms with Gasteiger partial charge in [-0.3, -0.25) is 38.9 Å². The molecule has 5 aromatic rings. The van der Waals surface area contributed by atoms with Crippen LogP contribution >= 0.6 is 0 Å². The maximum absolute atomic E-state index is 14.8. The third kappa shape index (κ3) is 15.1. The zero-order valence-corrected chi connectivity index (χ0v) is 45.3. The van der Waals surface area contributed by atoms with Crippen molar-refractivity contribution in [1.82, 2.24) is 55.8 Å². The molecule has 7 rings (SSSR count). The summed E-state index contributed by atoms with van der Waals surface area (Å²) in [5.74, 6) is -0.208. The van der Waals surface area contributed by atoms with Crippen LogP contribution in [0.2, 0.25) is 0 Å². The topological polar surface area (TPSA) is 242 Å². The third-order valence-electron chi connectivity index (χ3n) is 14.7. The predicted molar refractivity (Wildman–Crippen MR) is 292 cm³/mol. The standard InChI is InChI=1S/C54H75N9O6.C3H3N3O/c1-8-62-48-18-17-39(30-44(48)45(31-54(4,5)33-69-35-65)51(62)43-16-13-22-58-49(43)36(2)3)41-26-37(27-42(66)29-41)28-47(53(68)63-24-12-11-23-59-63)60-52(67)50(38-14-9-10-15-38)61(7)25-20-46(56-6)40(19-21-55)32-57-34-64;7-3-6-4-1-2-5-6/h13,16-18,22,26-27,29-30,34-36,38,40,46-47,50,56,59,66H,8-12,14-15,19-20,23-25,28,31-33H2,1-7H3,(H,57,64)(H,60,67);1-3H. The molecule has 0 bridgehead atoms. The van der Waals surface area contributed by atoms with E-state index in [2.05, 4.69) is 106 Å². The Balaban J connectivity index is 0.00000124. The summed E-state index contributed by atoms with van der Waals surface area (Å²) in [4.78, 5) is 69.4. The number of aromatic nitrogens is 5. The Morgan fingerprint density at radius 3 is 2.42 bits per heavy atom. The quantitative estimate of drug-likeness (QED) is 0.0389. The molecule has 4 unspecified atom stereocenters. The summed E-state index contributed by atoms with van der Waals surface area (Å²) in [6.07, 6.45) is 13.2. The number of rotatable bonds is 26. The summed E-state index contributed by atoms with van der Waals surface area (Å²) in [5.41, 5.74) is 10.5. The van der Waals surface area contributed by atoms with E-state index in [1.807, 2.05) is 32.4 Å². The van der Waals surface area contributed by atoms with E-state index >= 15 is 0 Å². The van der Waals surface area contributed by atoms with Gasteiger partial charge < -0.3 is 30.4 Å². The Kier molecular flexibility index (Phi) is 21.6. The van der Waals surface area contributed by atoms with Crippen molar-refractivity contribution in [2.24, 2.45) is 17.3 Å². The van der Waals surface area contributed by atoms with Gasteiger partial charge in [0, 0.05) is 85.6 Å². The lowest BCUT2D eigenvalue weighted by Gasteiger charge is -2.36. The van der Waals surface area contributed by atoms with Gasteiger partial charge >= 0.3 is 0 Å². The Morgan fingerprint density at radius 2 is 1.79 bits per heavy atom. The van der Waals surface area contributed by atoms with Crippen LogP contribution in [-0.4, -0.2) is 136 Å². The second kappa shape index (κ2) is 28.2. The van der Waals surface area contributed by atoms with E-state index in [0.29, 0.717) is 70.4 Å². The summed E-state index contributed by atoms with van der Waals surface area (Å²) >= 11 is 0. The van der Waals surface area contributed by atoms with E-state index < -0.39 is 17.5 Å². The first-order valence-corrected chi connectivity index (χ1v) is 26.7. The highest BCUT2D eigenvalue weighted by Crippen LogP contribution is 2.42. The molecular weight excluding hydrogens is 965 g/mol. The minimum Gasteiger partial charge on any atom is -0.508 e. The average molecular weight is 1040 g/mol. The SMILES string of the molecule is CCn1c(-c2cccnc2C(C)C)c(CC(C)(C)COC=O)c2cc(-c3cc(O)cc(CC(NC(=O)C(C4CCCC4)N(C)CCC(NC)C(CC#N)CNC=O)C(=O)N4CCCCN4)c3)ccc21.O=Cn1nccn1. The number of carbonyl (C=O) groups excluding carboxylic acids is 5.